The normalized spacial score (nSPS) is 10.1. The maximum atomic E-state index is 10.0. The van der Waals surface area contributed by atoms with Gasteiger partial charge in [0.2, 0.25) is 0 Å². The standard InChI is InChI=1S/C14H31N.C8H8O3/c1-3-5-7-9-11-13-15-14-12-10-8-6-4-2;9-8(10)6-11-7-4-2-1-3-5-7/h15H,3-14H2,1-2H3;1-5H,6H2,(H,9,10). The Labute approximate surface area is 160 Å². The average Bonchev–Trinajstić information content (AvgIpc) is 2.66. The highest BCUT2D eigenvalue weighted by Gasteiger charge is 1.96. The number of benzene rings is 1. The third-order valence-corrected chi connectivity index (χ3v) is 4.02. The molecule has 1 aromatic carbocycles. The fourth-order valence-electron chi connectivity index (χ4n) is 2.49. The van der Waals surface area contributed by atoms with Gasteiger partial charge in [0.05, 0.1) is 0 Å². The molecule has 4 heteroatoms. The number of carboxylic acid groups (broad SMARTS) is 1. The van der Waals surface area contributed by atoms with Crippen LogP contribution in [0.2, 0.25) is 0 Å². The van der Waals surface area contributed by atoms with Crippen LogP contribution in [0.4, 0.5) is 0 Å². The number of nitrogens with one attached hydrogen (secondary N) is 1. The molecule has 0 aliphatic heterocycles. The van der Waals surface area contributed by atoms with E-state index in [2.05, 4.69) is 19.2 Å². The van der Waals surface area contributed by atoms with E-state index < -0.39 is 5.97 Å². The predicted molar refractivity (Wildman–Crippen MR) is 110 cm³/mol. The van der Waals surface area contributed by atoms with Gasteiger partial charge in [-0.25, -0.2) is 4.79 Å². The Morgan fingerprint density at radius 3 is 1.81 bits per heavy atom. The molecule has 0 atom stereocenters. The molecule has 0 bridgehead atoms. The van der Waals surface area contributed by atoms with Gasteiger partial charge in [0.15, 0.2) is 6.61 Å². The van der Waals surface area contributed by atoms with Crippen molar-refractivity contribution in [3.8, 4) is 5.75 Å². The van der Waals surface area contributed by atoms with Gasteiger partial charge in [-0.05, 0) is 38.1 Å². The van der Waals surface area contributed by atoms with Gasteiger partial charge in [0, 0.05) is 0 Å². The Bertz CT molecular complexity index is 397. The molecule has 0 aromatic heterocycles. The SMILES string of the molecule is CCCCCCCNCCCCCCC.O=C(O)COc1ccccc1. The van der Waals surface area contributed by atoms with Crippen molar-refractivity contribution in [1.29, 1.82) is 0 Å². The maximum Gasteiger partial charge on any atom is 0.341 e. The summed E-state index contributed by atoms with van der Waals surface area (Å²) in [5.74, 6) is -0.385. The molecule has 0 aliphatic rings. The van der Waals surface area contributed by atoms with E-state index in [-0.39, 0.29) is 6.61 Å². The third-order valence-electron chi connectivity index (χ3n) is 4.02. The van der Waals surface area contributed by atoms with E-state index in [1.54, 1.807) is 24.3 Å². The van der Waals surface area contributed by atoms with Crippen molar-refractivity contribution in [3.05, 3.63) is 30.3 Å². The Kier molecular flexibility index (Phi) is 18.6. The average molecular weight is 366 g/mol. The molecule has 0 saturated carbocycles. The largest absolute Gasteiger partial charge is 0.482 e. The first-order valence-corrected chi connectivity index (χ1v) is 10.3. The van der Waals surface area contributed by atoms with Gasteiger partial charge in [0.1, 0.15) is 5.75 Å². The minimum Gasteiger partial charge on any atom is -0.482 e. The van der Waals surface area contributed by atoms with Crippen LogP contribution in [0.3, 0.4) is 0 Å². The first-order chi connectivity index (χ1) is 12.7. The zero-order valence-electron chi connectivity index (χ0n) is 16.8. The van der Waals surface area contributed by atoms with Crippen molar-refractivity contribution in [3.63, 3.8) is 0 Å². The molecule has 0 radical (unpaired) electrons. The molecule has 2 N–H and O–H groups in total. The van der Waals surface area contributed by atoms with E-state index in [0.29, 0.717) is 5.75 Å². The van der Waals surface area contributed by atoms with Crippen molar-refractivity contribution in [2.75, 3.05) is 19.7 Å². The van der Waals surface area contributed by atoms with E-state index in [0.717, 1.165) is 0 Å². The van der Waals surface area contributed by atoms with Crippen molar-refractivity contribution in [2.45, 2.75) is 78.1 Å². The van der Waals surface area contributed by atoms with Crippen molar-refractivity contribution in [1.82, 2.24) is 5.32 Å². The van der Waals surface area contributed by atoms with Gasteiger partial charge in [-0.1, -0.05) is 83.4 Å². The van der Waals surface area contributed by atoms with Gasteiger partial charge >= 0.3 is 5.97 Å². The highest BCUT2D eigenvalue weighted by molar-refractivity contribution is 5.68. The molecular weight excluding hydrogens is 326 g/mol. The second-order valence-corrected chi connectivity index (χ2v) is 6.57. The van der Waals surface area contributed by atoms with Crippen LogP contribution in [0.5, 0.6) is 5.75 Å². The lowest BCUT2D eigenvalue weighted by molar-refractivity contribution is -0.139. The second-order valence-electron chi connectivity index (χ2n) is 6.57. The van der Waals surface area contributed by atoms with E-state index in [9.17, 15) is 4.79 Å². The summed E-state index contributed by atoms with van der Waals surface area (Å²) >= 11 is 0. The summed E-state index contributed by atoms with van der Waals surface area (Å²) in [5, 5.41) is 11.8. The lowest BCUT2D eigenvalue weighted by Crippen LogP contribution is -2.16. The maximum absolute atomic E-state index is 10.0. The molecule has 26 heavy (non-hydrogen) atoms. The lowest BCUT2D eigenvalue weighted by Gasteiger charge is -2.04. The van der Waals surface area contributed by atoms with Crippen LogP contribution in [-0.2, 0) is 4.79 Å². The number of ether oxygens (including phenoxy) is 1. The zero-order chi connectivity index (χ0) is 19.3. The van der Waals surface area contributed by atoms with Crippen molar-refractivity contribution < 1.29 is 14.6 Å². The van der Waals surface area contributed by atoms with Crippen LogP contribution in [0.25, 0.3) is 0 Å². The highest BCUT2D eigenvalue weighted by Crippen LogP contribution is 2.07. The minimum absolute atomic E-state index is 0.288. The Morgan fingerprint density at radius 1 is 0.846 bits per heavy atom. The van der Waals surface area contributed by atoms with E-state index in [4.69, 9.17) is 9.84 Å². The quantitative estimate of drug-likeness (QED) is 0.393. The molecule has 0 spiro atoms. The molecule has 4 nitrogen and oxygen atoms in total. The van der Waals surface area contributed by atoms with Gasteiger partial charge in [-0.3, -0.25) is 0 Å². The van der Waals surface area contributed by atoms with Crippen LogP contribution >= 0.6 is 0 Å². The minimum atomic E-state index is -0.964. The summed E-state index contributed by atoms with van der Waals surface area (Å²) in [4.78, 5) is 10.0. The van der Waals surface area contributed by atoms with Crippen LogP contribution in [0.1, 0.15) is 78.1 Å². The molecule has 0 fully saturated rings. The monoisotopic (exact) mass is 365 g/mol. The summed E-state index contributed by atoms with van der Waals surface area (Å²) in [6.45, 7) is 6.72. The molecule has 0 saturated heterocycles. The molecule has 0 aliphatic carbocycles. The first-order valence-electron chi connectivity index (χ1n) is 10.3. The highest BCUT2D eigenvalue weighted by atomic mass is 16.5. The number of para-hydroxylation sites is 1. The zero-order valence-corrected chi connectivity index (χ0v) is 16.8. The summed E-state index contributed by atoms with van der Waals surface area (Å²) in [5.41, 5.74) is 0. The smallest absolute Gasteiger partial charge is 0.341 e. The number of carbonyl (C=O) groups is 1. The van der Waals surface area contributed by atoms with Crippen molar-refractivity contribution >= 4 is 5.97 Å². The summed E-state index contributed by atoms with van der Waals surface area (Å²) in [6.07, 6.45) is 13.9. The number of rotatable bonds is 15. The summed E-state index contributed by atoms with van der Waals surface area (Å²) < 4.78 is 4.87. The van der Waals surface area contributed by atoms with E-state index >= 15 is 0 Å². The number of hydrogen-bond donors (Lipinski definition) is 2. The number of unbranched alkanes of at least 4 members (excludes halogenated alkanes) is 8. The summed E-state index contributed by atoms with van der Waals surface area (Å²) in [6, 6.07) is 8.84. The topological polar surface area (TPSA) is 58.6 Å². The fraction of sp³-hybridized carbons (Fsp3) is 0.682. The molecule has 0 unspecified atom stereocenters. The Hall–Kier alpha value is -1.55. The Morgan fingerprint density at radius 2 is 1.35 bits per heavy atom. The molecule has 150 valence electrons. The van der Waals surface area contributed by atoms with Crippen LogP contribution in [-0.4, -0.2) is 30.8 Å². The van der Waals surface area contributed by atoms with Gasteiger partial charge in [-0.2, -0.15) is 0 Å². The Balaban J connectivity index is 0.000000502. The number of aliphatic carboxylic acids is 1. The fourth-order valence-corrected chi connectivity index (χ4v) is 2.49. The molecule has 0 heterocycles. The molecule has 1 aromatic rings. The first kappa shape index (κ1) is 24.5. The number of carboxylic acids is 1. The van der Waals surface area contributed by atoms with Gasteiger partial charge < -0.3 is 15.2 Å². The van der Waals surface area contributed by atoms with Crippen molar-refractivity contribution in [2.24, 2.45) is 0 Å². The van der Waals surface area contributed by atoms with E-state index in [1.807, 2.05) is 6.07 Å². The lowest BCUT2D eigenvalue weighted by atomic mass is 10.1. The molecule has 0 amide bonds. The summed E-state index contributed by atoms with van der Waals surface area (Å²) in [7, 11) is 0. The second kappa shape index (κ2) is 19.8. The third kappa shape index (κ3) is 18.8. The van der Waals surface area contributed by atoms with Gasteiger partial charge in [0.25, 0.3) is 0 Å². The van der Waals surface area contributed by atoms with E-state index in [1.165, 1.54) is 77.3 Å². The number of hydrogen-bond acceptors (Lipinski definition) is 3. The van der Waals surface area contributed by atoms with Gasteiger partial charge in [-0.15, -0.1) is 0 Å². The molecule has 1 rings (SSSR count). The predicted octanol–water partition coefficient (Wildman–Crippen LogP) is 5.67. The van der Waals surface area contributed by atoms with Crippen LogP contribution in [0.15, 0.2) is 30.3 Å². The van der Waals surface area contributed by atoms with Crippen LogP contribution < -0.4 is 10.1 Å². The molecular formula is C22H39NO3. The van der Waals surface area contributed by atoms with Crippen LogP contribution in [0, 0.1) is 0 Å².